The molecule has 0 unspecified atom stereocenters. The summed E-state index contributed by atoms with van der Waals surface area (Å²) < 4.78 is 2.12. The van der Waals surface area contributed by atoms with Crippen molar-refractivity contribution < 1.29 is 5.11 Å². The largest absolute Gasteiger partial charge is 0.386 e. The molecule has 0 amide bonds. The molecule has 138 valence electrons. The highest BCUT2D eigenvalue weighted by atomic mass is 16.3. The number of aliphatic hydroxyl groups is 1. The average Bonchev–Trinajstić information content (AvgIpc) is 3.36. The van der Waals surface area contributed by atoms with E-state index in [0.29, 0.717) is 5.92 Å². The first kappa shape index (κ1) is 18.4. The summed E-state index contributed by atoms with van der Waals surface area (Å²) in [5, 5.41) is 15.0. The number of allylic oxidation sites excluding steroid dienone is 3. The zero-order valence-electron chi connectivity index (χ0n) is 16.0. The van der Waals surface area contributed by atoms with Crippen LogP contribution in [0.1, 0.15) is 70.4 Å². The molecule has 1 saturated carbocycles. The van der Waals surface area contributed by atoms with Crippen LogP contribution in [0.15, 0.2) is 29.4 Å². The number of fused-ring (bicyclic) bond motifs is 1. The minimum atomic E-state index is -0.356. The molecule has 0 saturated heterocycles. The number of hydrogen-bond acceptors (Lipinski definition) is 3. The summed E-state index contributed by atoms with van der Waals surface area (Å²) in [6.07, 6.45) is 10.0. The lowest BCUT2D eigenvalue weighted by molar-refractivity contribution is 0.148. The lowest BCUT2D eigenvalue weighted by Gasteiger charge is -2.17. The fraction of sp³-hybridized carbons (Fsp3) is 0.667. The third-order valence-electron chi connectivity index (χ3n) is 5.27. The molecule has 2 heterocycles. The van der Waals surface area contributed by atoms with Crippen molar-refractivity contribution in [1.82, 2.24) is 14.7 Å². The van der Waals surface area contributed by atoms with Gasteiger partial charge in [0.05, 0.1) is 11.4 Å². The Labute approximate surface area is 152 Å². The zero-order valence-corrected chi connectivity index (χ0v) is 16.0. The normalized spacial score (nSPS) is 20.1. The van der Waals surface area contributed by atoms with Gasteiger partial charge in [0.2, 0.25) is 0 Å². The van der Waals surface area contributed by atoms with Crippen molar-refractivity contribution in [2.45, 2.75) is 72.1 Å². The summed E-state index contributed by atoms with van der Waals surface area (Å²) in [5.74, 6) is 0.446. The van der Waals surface area contributed by atoms with Crippen molar-refractivity contribution in [3.05, 3.63) is 40.8 Å². The Balaban J connectivity index is 1.56. The second-order valence-corrected chi connectivity index (χ2v) is 8.03. The molecule has 0 aromatic carbocycles. The average molecular weight is 344 g/mol. The number of aromatic nitrogens is 2. The van der Waals surface area contributed by atoms with Gasteiger partial charge in [-0.3, -0.25) is 9.58 Å². The molecule has 0 bridgehead atoms. The Morgan fingerprint density at radius 1 is 1.28 bits per heavy atom. The maximum atomic E-state index is 10.3. The maximum absolute atomic E-state index is 10.3. The summed E-state index contributed by atoms with van der Waals surface area (Å²) in [7, 11) is 0. The number of rotatable bonds is 7. The number of aryl methyl sites for hydroxylation is 1. The second-order valence-electron chi connectivity index (χ2n) is 8.03. The Bertz CT molecular complexity index is 636. The van der Waals surface area contributed by atoms with Crippen LogP contribution in [0.25, 0.3) is 0 Å². The molecule has 1 aromatic heterocycles. The molecule has 1 aliphatic carbocycles. The second kappa shape index (κ2) is 8.33. The SMILES string of the molecule is CC(C)=CCC/C(C)=C/CN1CCCn2nc([C@H](O)C3CC3)cc2C1. The van der Waals surface area contributed by atoms with E-state index in [2.05, 4.69) is 53.7 Å². The highest BCUT2D eigenvalue weighted by Crippen LogP contribution is 2.40. The van der Waals surface area contributed by atoms with Gasteiger partial charge in [-0.25, -0.2) is 0 Å². The van der Waals surface area contributed by atoms with Gasteiger partial charge in [-0.05, 0) is 64.9 Å². The Morgan fingerprint density at radius 2 is 2.08 bits per heavy atom. The lowest BCUT2D eigenvalue weighted by Crippen LogP contribution is -2.23. The van der Waals surface area contributed by atoms with Crippen LogP contribution < -0.4 is 0 Å². The van der Waals surface area contributed by atoms with E-state index in [-0.39, 0.29) is 6.10 Å². The Hall–Kier alpha value is -1.39. The van der Waals surface area contributed by atoms with Crippen molar-refractivity contribution >= 4 is 0 Å². The number of aliphatic hydroxyl groups excluding tert-OH is 1. The monoisotopic (exact) mass is 343 g/mol. The van der Waals surface area contributed by atoms with Crippen molar-refractivity contribution in [3.63, 3.8) is 0 Å². The van der Waals surface area contributed by atoms with Gasteiger partial charge < -0.3 is 5.11 Å². The molecule has 0 radical (unpaired) electrons. The van der Waals surface area contributed by atoms with Crippen LogP contribution in [-0.4, -0.2) is 32.9 Å². The van der Waals surface area contributed by atoms with Gasteiger partial charge in [0, 0.05) is 26.2 Å². The quantitative estimate of drug-likeness (QED) is 0.754. The summed E-state index contributed by atoms with van der Waals surface area (Å²) >= 11 is 0. The minimum absolute atomic E-state index is 0.356. The van der Waals surface area contributed by atoms with Gasteiger partial charge in [0.25, 0.3) is 0 Å². The maximum Gasteiger partial charge on any atom is 0.101 e. The smallest absolute Gasteiger partial charge is 0.101 e. The molecule has 1 aliphatic heterocycles. The van der Waals surface area contributed by atoms with E-state index in [0.717, 1.165) is 64.0 Å². The van der Waals surface area contributed by atoms with E-state index in [1.165, 1.54) is 16.8 Å². The third kappa shape index (κ3) is 5.29. The third-order valence-corrected chi connectivity index (χ3v) is 5.27. The molecule has 4 nitrogen and oxygen atoms in total. The number of nitrogens with zero attached hydrogens (tertiary/aromatic N) is 3. The molecule has 25 heavy (non-hydrogen) atoms. The first-order valence-electron chi connectivity index (χ1n) is 9.79. The lowest BCUT2D eigenvalue weighted by atomic mass is 10.1. The predicted octanol–water partition coefficient (Wildman–Crippen LogP) is 4.22. The first-order valence-corrected chi connectivity index (χ1v) is 9.79. The molecule has 1 atom stereocenters. The van der Waals surface area contributed by atoms with Gasteiger partial charge in [-0.1, -0.05) is 23.3 Å². The molecule has 1 N–H and O–H groups in total. The van der Waals surface area contributed by atoms with Gasteiger partial charge in [-0.2, -0.15) is 5.10 Å². The molecule has 1 aromatic rings. The highest BCUT2D eigenvalue weighted by molar-refractivity contribution is 5.16. The summed E-state index contributed by atoms with van der Waals surface area (Å²) in [4.78, 5) is 2.50. The van der Waals surface area contributed by atoms with E-state index in [1.807, 2.05) is 0 Å². The summed E-state index contributed by atoms with van der Waals surface area (Å²) in [6, 6.07) is 2.13. The van der Waals surface area contributed by atoms with Crippen LogP contribution in [0.2, 0.25) is 0 Å². The fourth-order valence-electron chi connectivity index (χ4n) is 3.48. The van der Waals surface area contributed by atoms with Crippen LogP contribution in [0.5, 0.6) is 0 Å². The van der Waals surface area contributed by atoms with Crippen molar-refractivity contribution in [2.24, 2.45) is 5.92 Å². The number of hydrogen-bond donors (Lipinski definition) is 1. The van der Waals surface area contributed by atoms with E-state index < -0.39 is 0 Å². The van der Waals surface area contributed by atoms with Gasteiger partial charge in [0.1, 0.15) is 6.10 Å². The molecule has 0 spiro atoms. The van der Waals surface area contributed by atoms with Crippen LogP contribution in [0.4, 0.5) is 0 Å². The van der Waals surface area contributed by atoms with Gasteiger partial charge >= 0.3 is 0 Å². The van der Waals surface area contributed by atoms with E-state index >= 15 is 0 Å². The predicted molar refractivity (Wildman–Crippen MR) is 102 cm³/mol. The van der Waals surface area contributed by atoms with Crippen LogP contribution >= 0.6 is 0 Å². The highest BCUT2D eigenvalue weighted by Gasteiger charge is 2.33. The van der Waals surface area contributed by atoms with E-state index in [9.17, 15) is 5.11 Å². The fourth-order valence-corrected chi connectivity index (χ4v) is 3.48. The van der Waals surface area contributed by atoms with Gasteiger partial charge in [-0.15, -0.1) is 0 Å². The summed E-state index contributed by atoms with van der Waals surface area (Å²) in [5.41, 5.74) is 5.01. The van der Waals surface area contributed by atoms with Gasteiger partial charge in [0.15, 0.2) is 0 Å². The van der Waals surface area contributed by atoms with Crippen LogP contribution in [-0.2, 0) is 13.1 Å². The standard InChI is InChI=1S/C21H33N3O/c1-16(2)6-4-7-17(3)10-13-23-11-5-12-24-19(15-23)14-20(22-24)21(25)18-8-9-18/h6,10,14,18,21,25H,4-5,7-9,11-13,15H2,1-3H3/b17-10+/t21-/m1/s1. The molecular formula is C21H33N3O. The van der Waals surface area contributed by atoms with Crippen molar-refractivity contribution in [3.8, 4) is 0 Å². The molecule has 4 heteroatoms. The van der Waals surface area contributed by atoms with E-state index in [1.54, 1.807) is 0 Å². The van der Waals surface area contributed by atoms with Crippen LogP contribution in [0, 0.1) is 5.92 Å². The van der Waals surface area contributed by atoms with Crippen LogP contribution in [0.3, 0.4) is 0 Å². The topological polar surface area (TPSA) is 41.3 Å². The zero-order chi connectivity index (χ0) is 17.8. The van der Waals surface area contributed by atoms with E-state index in [4.69, 9.17) is 0 Å². The Kier molecular flexibility index (Phi) is 6.13. The van der Waals surface area contributed by atoms with Crippen molar-refractivity contribution in [1.29, 1.82) is 0 Å². The molecule has 1 fully saturated rings. The summed E-state index contributed by atoms with van der Waals surface area (Å²) in [6.45, 7) is 10.6. The Morgan fingerprint density at radius 3 is 2.80 bits per heavy atom. The molecule has 3 rings (SSSR count). The first-order chi connectivity index (χ1) is 12.0. The van der Waals surface area contributed by atoms with Crippen molar-refractivity contribution in [2.75, 3.05) is 13.1 Å². The minimum Gasteiger partial charge on any atom is -0.386 e. The molecule has 2 aliphatic rings. The molecular weight excluding hydrogens is 310 g/mol.